The van der Waals surface area contributed by atoms with Crippen LogP contribution < -0.4 is 0 Å². The smallest absolute Gasteiger partial charge is 0.410 e. The molecule has 0 heterocycles. The first-order valence-electron chi connectivity index (χ1n) is 7.66. The average Bonchev–Trinajstić information content (AvgIpc) is 2.43. The van der Waals surface area contributed by atoms with E-state index in [1.807, 2.05) is 38.1 Å². The van der Waals surface area contributed by atoms with E-state index in [9.17, 15) is 9.90 Å². The summed E-state index contributed by atoms with van der Waals surface area (Å²) in [6.45, 7) is 7.85. The van der Waals surface area contributed by atoms with Gasteiger partial charge in [-0.3, -0.25) is 4.90 Å². The first-order chi connectivity index (χ1) is 10.8. The molecule has 1 amide bonds. The predicted molar refractivity (Wildman–Crippen MR) is 98.3 cm³/mol. The van der Waals surface area contributed by atoms with Crippen molar-refractivity contribution in [2.45, 2.75) is 45.9 Å². The Labute approximate surface area is 152 Å². The van der Waals surface area contributed by atoms with Crippen LogP contribution in [0.4, 0.5) is 4.79 Å². The molecule has 1 N–H and O–H groups in total. The van der Waals surface area contributed by atoms with E-state index in [1.54, 1.807) is 0 Å². The highest BCUT2D eigenvalue weighted by atomic mass is 127. The van der Waals surface area contributed by atoms with Crippen LogP contribution in [0.25, 0.3) is 0 Å². The second kappa shape index (κ2) is 8.84. The minimum atomic E-state index is -1.08. The van der Waals surface area contributed by atoms with Crippen LogP contribution in [0, 0.1) is 9.49 Å². The molecule has 0 aliphatic heterocycles. The van der Waals surface area contributed by atoms with E-state index in [2.05, 4.69) is 36.4 Å². The third-order valence-corrected chi connectivity index (χ3v) is 4.45. The maximum absolute atomic E-state index is 12.0. The molecule has 1 unspecified atom stereocenters. The van der Waals surface area contributed by atoms with Gasteiger partial charge in [-0.25, -0.2) is 4.79 Å². The van der Waals surface area contributed by atoms with Crippen LogP contribution >= 0.6 is 22.6 Å². The molecule has 23 heavy (non-hydrogen) atoms. The molecule has 0 saturated carbocycles. The molecule has 0 bridgehead atoms. The molecule has 0 aromatic heterocycles. The third-order valence-electron chi connectivity index (χ3n) is 3.51. The molecule has 0 spiro atoms. The fourth-order valence-electron chi connectivity index (χ4n) is 2.82. The molecule has 1 rings (SSSR count). The average molecular weight is 435 g/mol. The molecule has 1 aromatic carbocycles. The first kappa shape index (κ1) is 20.2. The van der Waals surface area contributed by atoms with Gasteiger partial charge in [0.15, 0.2) is 5.72 Å². The number of carboxylic acid groups (broad SMARTS) is 1. The molecule has 0 saturated heterocycles. The normalized spacial score (nSPS) is 14.1. The molecule has 0 fully saturated rings. The minimum Gasteiger partial charge on any atom is -0.465 e. The van der Waals surface area contributed by atoms with Crippen LogP contribution in [0.1, 0.15) is 39.7 Å². The van der Waals surface area contributed by atoms with E-state index >= 15 is 0 Å². The van der Waals surface area contributed by atoms with Crippen LogP contribution in [0.3, 0.4) is 0 Å². The summed E-state index contributed by atoms with van der Waals surface area (Å²) < 4.78 is 12.1. The zero-order valence-electron chi connectivity index (χ0n) is 14.4. The summed E-state index contributed by atoms with van der Waals surface area (Å²) >= 11 is 2.22. The summed E-state index contributed by atoms with van der Waals surface area (Å²) in [5.74, 6) is 0.239. The lowest BCUT2D eigenvalue weighted by atomic mass is 9.90. The van der Waals surface area contributed by atoms with Crippen LogP contribution in [0.5, 0.6) is 0 Å². The number of halogens is 1. The number of amides is 1. The van der Waals surface area contributed by atoms with Crippen molar-refractivity contribution in [1.29, 1.82) is 0 Å². The van der Waals surface area contributed by atoms with Gasteiger partial charge in [0.05, 0.1) is 0 Å². The summed E-state index contributed by atoms with van der Waals surface area (Å²) in [6.07, 6.45) is -0.461. The first-order valence-corrected chi connectivity index (χ1v) is 8.74. The van der Waals surface area contributed by atoms with Crippen molar-refractivity contribution < 1.29 is 19.4 Å². The van der Waals surface area contributed by atoms with Crippen molar-refractivity contribution >= 4 is 28.7 Å². The van der Waals surface area contributed by atoms with Gasteiger partial charge in [0.25, 0.3) is 0 Å². The lowest BCUT2D eigenvalue weighted by Gasteiger charge is -2.45. The van der Waals surface area contributed by atoms with Crippen LogP contribution in [0.2, 0.25) is 0 Å². The molecule has 6 heteroatoms. The SMILES string of the molecule is COCOC(CC(C)C)(c1ccccc1I)N(C(=O)O)C(C)C. The van der Waals surface area contributed by atoms with Gasteiger partial charge in [-0.1, -0.05) is 32.0 Å². The summed E-state index contributed by atoms with van der Waals surface area (Å²) in [6, 6.07) is 7.49. The van der Waals surface area contributed by atoms with E-state index in [4.69, 9.17) is 9.47 Å². The molecule has 1 aromatic rings. The number of nitrogens with zero attached hydrogens (tertiary/aromatic N) is 1. The van der Waals surface area contributed by atoms with Crippen LogP contribution in [0.15, 0.2) is 24.3 Å². The van der Waals surface area contributed by atoms with E-state index < -0.39 is 11.8 Å². The maximum atomic E-state index is 12.0. The molecular formula is C17H26INO4. The van der Waals surface area contributed by atoms with Crippen molar-refractivity contribution in [2.75, 3.05) is 13.9 Å². The maximum Gasteiger partial charge on any atom is 0.410 e. The Morgan fingerprint density at radius 2 is 1.91 bits per heavy atom. The highest BCUT2D eigenvalue weighted by Crippen LogP contribution is 2.40. The molecular weight excluding hydrogens is 409 g/mol. The van der Waals surface area contributed by atoms with Crippen molar-refractivity contribution in [2.24, 2.45) is 5.92 Å². The van der Waals surface area contributed by atoms with Gasteiger partial charge in [0.2, 0.25) is 0 Å². The summed E-state index contributed by atoms with van der Waals surface area (Å²) in [7, 11) is 1.54. The van der Waals surface area contributed by atoms with Crippen LogP contribution in [-0.2, 0) is 15.2 Å². The largest absolute Gasteiger partial charge is 0.465 e. The standard InChI is InChI=1S/C17H26INO4/c1-12(2)10-17(23-11-22-5,19(13(3)4)16(20)21)14-8-6-7-9-15(14)18/h6-9,12-13H,10-11H2,1-5H3,(H,20,21). The van der Waals surface area contributed by atoms with Crippen molar-refractivity contribution in [1.82, 2.24) is 4.90 Å². The second-order valence-corrected chi connectivity index (χ2v) is 7.32. The molecule has 0 radical (unpaired) electrons. The Morgan fingerprint density at radius 1 is 1.30 bits per heavy atom. The number of benzene rings is 1. The Kier molecular flexibility index (Phi) is 7.76. The number of rotatable bonds is 8. The highest BCUT2D eigenvalue weighted by Gasteiger charge is 2.45. The number of hydrogen-bond donors (Lipinski definition) is 1. The quantitative estimate of drug-likeness (QED) is 0.483. The summed E-state index contributed by atoms with van der Waals surface area (Å²) in [5, 5.41) is 9.85. The molecule has 0 aliphatic rings. The van der Waals surface area contributed by atoms with Crippen LogP contribution in [-0.4, -0.2) is 36.0 Å². The van der Waals surface area contributed by atoms with Crippen molar-refractivity contribution in [3.05, 3.63) is 33.4 Å². The molecule has 0 aliphatic carbocycles. The Bertz CT molecular complexity index is 521. The van der Waals surface area contributed by atoms with E-state index in [1.165, 1.54) is 12.0 Å². The number of ether oxygens (including phenoxy) is 2. The van der Waals surface area contributed by atoms with Gasteiger partial charge in [0, 0.05) is 28.7 Å². The zero-order valence-corrected chi connectivity index (χ0v) is 16.5. The van der Waals surface area contributed by atoms with Gasteiger partial charge < -0.3 is 14.6 Å². The Hall–Kier alpha value is -0.860. The lowest BCUT2D eigenvalue weighted by Crippen LogP contribution is -2.55. The lowest BCUT2D eigenvalue weighted by molar-refractivity contribution is -0.215. The van der Waals surface area contributed by atoms with Crippen molar-refractivity contribution in [3.63, 3.8) is 0 Å². The Balaban J connectivity index is 3.58. The number of carbonyl (C=O) groups is 1. The van der Waals surface area contributed by atoms with Gasteiger partial charge >= 0.3 is 6.09 Å². The topological polar surface area (TPSA) is 59.0 Å². The van der Waals surface area contributed by atoms with Gasteiger partial charge in [-0.2, -0.15) is 0 Å². The van der Waals surface area contributed by atoms with E-state index in [0.29, 0.717) is 6.42 Å². The minimum absolute atomic E-state index is 0.0220. The fourth-order valence-corrected chi connectivity index (χ4v) is 3.63. The predicted octanol–water partition coefficient (Wildman–Crippen LogP) is 4.50. The van der Waals surface area contributed by atoms with Gasteiger partial charge in [-0.15, -0.1) is 0 Å². The molecule has 5 nitrogen and oxygen atoms in total. The zero-order chi connectivity index (χ0) is 17.6. The fraction of sp³-hybridized carbons (Fsp3) is 0.588. The number of methoxy groups -OCH3 is 1. The van der Waals surface area contributed by atoms with Gasteiger partial charge in [-0.05, 0) is 48.4 Å². The van der Waals surface area contributed by atoms with Gasteiger partial charge in [0.1, 0.15) is 6.79 Å². The van der Waals surface area contributed by atoms with Crippen molar-refractivity contribution in [3.8, 4) is 0 Å². The number of hydrogen-bond acceptors (Lipinski definition) is 3. The molecule has 130 valence electrons. The monoisotopic (exact) mass is 435 g/mol. The van der Waals surface area contributed by atoms with E-state index in [-0.39, 0.29) is 18.8 Å². The Morgan fingerprint density at radius 3 is 2.35 bits per heavy atom. The highest BCUT2D eigenvalue weighted by molar-refractivity contribution is 14.1. The summed E-state index contributed by atoms with van der Waals surface area (Å²) in [4.78, 5) is 13.4. The third kappa shape index (κ3) is 4.81. The molecule has 1 atom stereocenters. The second-order valence-electron chi connectivity index (χ2n) is 6.16. The summed E-state index contributed by atoms with van der Waals surface area (Å²) in [5.41, 5.74) is -0.232. The van der Waals surface area contributed by atoms with E-state index in [0.717, 1.165) is 9.13 Å².